The van der Waals surface area contributed by atoms with Gasteiger partial charge in [0.2, 0.25) is 5.91 Å². The molecule has 0 bridgehead atoms. The number of hydrogen-bond acceptors (Lipinski definition) is 5. The molecule has 0 aliphatic carbocycles. The van der Waals surface area contributed by atoms with Gasteiger partial charge in [-0.2, -0.15) is 5.10 Å². The summed E-state index contributed by atoms with van der Waals surface area (Å²) in [5.74, 6) is -0.0977. The van der Waals surface area contributed by atoms with Gasteiger partial charge < -0.3 is 5.32 Å². The van der Waals surface area contributed by atoms with Gasteiger partial charge in [0, 0.05) is 18.3 Å². The summed E-state index contributed by atoms with van der Waals surface area (Å²) in [5.41, 5.74) is 4.16. The number of benzene rings is 1. The van der Waals surface area contributed by atoms with Crippen LogP contribution in [0.5, 0.6) is 0 Å². The standard InChI is InChI=1S/C16H19N5OS2/c1-11(2)18-15(23)20-17-9-13-10-24-16(19-13)21(12(3)22)14-7-5-4-6-8-14/h4-11H,1-3H3,(H2,18,20,23)/b17-9-. The molecule has 0 fully saturated rings. The average Bonchev–Trinajstić information content (AvgIpc) is 2.95. The lowest BCUT2D eigenvalue weighted by atomic mass is 10.3. The van der Waals surface area contributed by atoms with Crippen LogP contribution >= 0.6 is 23.6 Å². The number of carbonyl (C=O) groups is 1. The smallest absolute Gasteiger partial charge is 0.230 e. The van der Waals surface area contributed by atoms with Crippen molar-refractivity contribution in [2.24, 2.45) is 5.10 Å². The molecule has 6 nitrogen and oxygen atoms in total. The van der Waals surface area contributed by atoms with Crippen LogP contribution in [0.2, 0.25) is 0 Å². The molecule has 1 aromatic carbocycles. The summed E-state index contributed by atoms with van der Waals surface area (Å²) >= 11 is 6.46. The molecule has 0 radical (unpaired) electrons. The summed E-state index contributed by atoms with van der Waals surface area (Å²) in [6.07, 6.45) is 1.57. The molecule has 1 amide bonds. The first-order valence-electron chi connectivity index (χ1n) is 7.38. The minimum Gasteiger partial charge on any atom is -0.359 e. The van der Waals surface area contributed by atoms with Crippen LogP contribution in [0.4, 0.5) is 10.8 Å². The van der Waals surface area contributed by atoms with E-state index in [4.69, 9.17) is 12.2 Å². The van der Waals surface area contributed by atoms with E-state index in [1.165, 1.54) is 18.3 Å². The lowest BCUT2D eigenvalue weighted by molar-refractivity contribution is -0.115. The van der Waals surface area contributed by atoms with Crippen molar-refractivity contribution in [1.82, 2.24) is 15.7 Å². The van der Waals surface area contributed by atoms with Crippen molar-refractivity contribution in [3.63, 3.8) is 0 Å². The molecule has 2 N–H and O–H groups in total. The maximum atomic E-state index is 12.0. The van der Waals surface area contributed by atoms with E-state index in [-0.39, 0.29) is 11.9 Å². The van der Waals surface area contributed by atoms with Crippen molar-refractivity contribution < 1.29 is 4.79 Å². The van der Waals surface area contributed by atoms with Crippen molar-refractivity contribution in [3.05, 3.63) is 41.4 Å². The van der Waals surface area contributed by atoms with Gasteiger partial charge in [0.05, 0.1) is 17.6 Å². The lowest BCUT2D eigenvalue weighted by Crippen LogP contribution is -2.36. The van der Waals surface area contributed by atoms with Crippen LogP contribution in [0.3, 0.4) is 0 Å². The summed E-state index contributed by atoms with van der Waals surface area (Å²) < 4.78 is 0. The highest BCUT2D eigenvalue weighted by Crippen LogP contribution is 2.28. The van der Waals surface area contributed by atoms with Crippen molar-refractivity contribution in [2.45, 2.75) is 26.8 Å². The van der Waals surface area contributed by atoms with E-state index in [1.807, 2.05) is 49.6 Å². The number of hydrazone groups is 1. The zero-order valence-corrected chi connectivity index (χ0v) is 15.3. The number of para-hydroxylation sites is 1. The monoisotopic (exact) mass is 361 g/mol. The van der Waals surface area contributed by atoms with E-state index in [0.717, 1.165) is 5.69 Å². The van der Waals surface area contributed by atoms with Crippen LogP contribution in [0.25, 0.3) is 0 Å². The van der Waals surface area contributed by atoms with E-state index in [0.29, 0.717) is 15.9 Å². The molecule has 126 valence electrons. The third-order valence-corrected chi connectivity index (χ3v) is 3.87. The average molecular weight is 361 g/mol. The molecule has 2 rings (SSSR count). The number of amides is 1. The predicted molar refractivity (Wildman–Crippen MR) is 103 cm³/mol. The van der Waals surface area contributed by atoms with Gasteiger partial charge in [-0.3, -0.25) is 15.1 Å². The molecular formula is C16H19N5OS2. The SMILES string of the molecule is CC(=O)N(c1ccccc1)c1nc(/C=N\NC(=S)NC(C)C)cs1. The Morgan fingerprint density at radius 3 is 2.71 bits per heavy atom. The summed E-state index contributed by atoms with van der Waals surface area (Å²) in [5, 5.41) is 9.95. The second-order valence-corrected chi connectivity index (χ2v) is 6.49. The number of aromatic nitrogens is 1. The van der Waals surface area contributed by atoms with E-state index in [1.54, 1.807) is 11.1 Å². The molecule has 0 saturated carbocycles. The van der Waals surface area contributed by atoms with E-state index in [9.17, 15) is 4.79 Å². The second-order valence-electron chi connectivity index (χ2n) is 5.24. The van der Waals surface area contributed by atoms with Crippen LogP contribution in [0, 0.1) is 0 Å². The van der Waals surface area contributed by atoms with Gasteiger partial charge in [0.15, 0.2) is 10.2 Å². The molecule has 1 heterocycles. The molecule has 0 spiro atoms. The maximum Gasteiger partial charge on any atom is 0.230 e. The van der Waals surface area contributed by atoms with E-state index in [2.05, 4.69) is 20.8 Å². The summed E-state index contributed by atoms with van der Waals surface area (Å²) in [6.45, 7) is 5.49. The number of rotatable bonds is 5. The number of thiocarbonyl (C=S) groups is 1. The fourth-order valence-electron chi connectivity index (χ4n) is 1.89. The molecular weight excluding hydrogens is 342 g/mol. The Balaban J connectivity index is 2.08. The number of nitrogens with zero attached hydrogens (tertiary/aromatic N) is 3. The number of anilines is 2. The van der Waals surface area contributed by atoms with Crippen molar-refractivity contribution in [1.29, 1.82) is 0 Å². The van der Waals surface area contributed by atoms with Crippen molar-refractivity contribution >= 4 is 51.6 Å². The first-order chi connectivity index (χ1) is 11.5. The minimum absolute atomic E-state index is 0.0977. The number of hydrogen-bond donors (Lipinski definition) is 2. The Labute approximate surface area is 150 Å². The highest BCUT2D eigenvalue weighted by molar-refractivity contribution is 7.80. The van der Waals surface area contributed by atoms with Gasteiger partial charge in [-0.15, -0.1) is 11.3 Å². The highest BCUT2D eigenvalue weighted by atomic mass is 32.1. The number of carbonyl (C=O) groups excluding carboxylic acids is 1. The third kappa shape index (κ3) is 5.10. The van der Waals surface area contributed by atoms with Gasteiger partial charge in [-0.1, -0.05) is 18.2 Å². The van der Waals surface area contributed by atoms with Crippen molar-refractivity contribution in [3.8, 4) is 0 Å². The van der Waals surface area contributed by atoms with Gasteiger partial charge in [-0.05, 0) is 38.2 Å². The Bertz CT molecular complexity index is 727. The quantitative estimate of drug-likeness (QED) is 0.487. The van der Waals surface area contributed by atoms with Crippen LogP contribution < -0.4 is 15.6 Å². The molecule has 0 aliphatic rings. The van der Waals surface area contributed by atoms with Crippen LogP contribution in [-0.4, -0.2) is 28.3 Å². The second kappa shape index (κ2) is 8.51. The van der Waals surface area contributed by atoms with E-state index >= 15 is 0 Å². The highest BCUT2D eigenvalue weighted by Gasteiger charge is 2.17. The molecule has 0 atom stereocenters. The minimum atomic E-state index is -0.0977. The molecule has 2 aromatic rings. The number of nitrogens with one attached hydrogen (secondary N) is 2. The first kappa shape index (κ1) is 18.0. The topological polar surface area (TPSA) is 69.6 Å². The maximum absolute atomic E-state index is 12.0. The molecule has 0 aliphatic heterocycles. The van der Waals surface area contributed by atoms with Crippen LogP contribution in [0.1, 0.15) is 26.5 Å². The normalized spacial score (nSPS) is 10.8. The molecule has 8 heteroatoms. The summed E-state index contributed by atoms with van der Waals surface area (Å²) in [4.78, 5) is 18.0. The molecule has 0 unspecified atom stereocenters. The van der Waals surface area contributed by atoms with Gasteiger partial charge >= 0.3 is 0 Å². The summed E-state index contributed by atoms with van der Waals surface area (Å²) in [7, 11) is 0. The molecule has 0 saturated heterocycles. The Morgan fingerprint density at radius 1 is 1.38 bits per heavy atom. The Kier molecular flexibility index (Phi) is 6.39. The van der Waals surface area contributed by atoms with Gasteiger partial charge in [-0.25, -0.2) is 4.98 Å². The largest absolute Gasteiger partial charge is 0.359 e. The van der Waals surface area contributed by atoms with Crippen LogP contribution in [0.15, 0.2) is 40.8 Å². The first-order valence-corrected chi connectivity index (χ1v) is 8.67. The Morgan fingerprint density at radius 2 is 2.08 bits per heavy atom. The van der Waals surface area contributed by atoms with E-state index < -0.39 is 0 Å². The van der Waals surface area contributed by atoms with Crippen molar-refractivity contribution in [2.75, 3.05) is 4.90 Å². The zero-order chi connectivity index (χ0) is 17.5. The van der Waals surface area contributed by atoms with Crippen LogP contribution in [-0.2, 0) is 4.79 Å². The lowest BCUT2D eigenvalue weighted by Gasteiger charge is -2.17. The zero-order valence-electron chi connectivity index (χ0n) is 13.7. The number of thiazole rings is 1. The van der Waals surface area contributed by atoms with Gasteiger partial charge in [0.1, 0.15) is 0 Å². The molecule has 24 heavy (non-hydrogen) atoms. The third-order valence-electron chi connectivity index (χ3n) is 2.81. The Hall–Kier alpha value is -2.32. The summed E-state index contributed by atoms with van der Waals surface area (Å²) in [6, 6.07) is 9.65. The molecule has 1 aromatic heterocycles. The van der Waals surface area contributed by atoms with Gasteiger partial charge in [0.25, 0.3) is 0 Å². The predicted octanol–water partition coefficient (Wildman–Crippen LogP) is 3.03. The fourth-order valence-corrected chi connectivity index (χ4v) is 3.02. The fraction of sp³-hybridized carbons (Fsp3) is 0.250.